The molecule has 152 valence electrons. The largest absolute Gasteiger partial charge is 0.386 e. The predicted octanol–water partition coefficient (Wildman–Crippen LogP) is 2.73. The van der Waals surface area contributed by atoms with E-state index in [-0.39, 0.29) is 18.2 Å². The average molecular weight is 398 g/mol. The van der Waals surface area contributed by atoms with Crippen molar-refractivity contribution in [2.45, 2.75) is 6.92 Å². The number of ether oxygens (including phenoxy) is 1. The number of benzene rings is 2. The van der Waals surface area contributed by atoms with E-state index in [1.165, 1.54) is 12.3 Å². The molecule has 29 heavy (non-hydrogen) atoms. The maximum Gasteiger partial charge on any atom is 0.293 e. The fraction of sp³-hybridized carbons (Fsp3) is 0.300. The van der Waals surface area contributed by atoms with Gasteiger partial charge in [-0.2, -0.15) is 0 Å². The lowest BCUT2D eigenvalue weighted by Crippen LogP contribution is -2.36. The normalized spacial score (nSPS) is 14.0. The topological polar surface area (TPSA) is 106 Å². The number of nitrogens with zero attached hydrogens (tertiary/aromatic N) is 3. The molecule has 1 fully saturated rings. The minimum atomic E-state index is -0.419. The lowest BCUT2D eigenvalue weighted by molar-refractivity contribution is -0.384. The zero-order valence-corrected chi connectivity index (χ0v) is 16.0. The van der Waals surface area contributed by atoms with E-state index in [0.717, 1.165) is 5.56 Å². The third-order valence-corrected chi connectivity index (χ3v) is 4.36. The SMILES string of the molecule is Cc1ccc(NC(=O)CO/N=C\c2ccc(N3CCOCC3)c([N+](=O)[O-])c2)cc1. The highest BCUT2D eigenvalue weighted by atomic mass is 16.6. The summed E-state index contributed by atoms with van der Waals surface area (Å²) in [6, 6.07) is 12.2. The maximum atomic E-state index is 11.9. The summed E-state index contributed by atoms with van der Waals surface area (Å²) >= 11 is 0. The van der Waals surface area contributed by atoms with Crippen molar-refractivity contribution in [1.29, 1.82) is 0 Å². The molecule has 1 amide bonds. The van der Waals surface area contributed by atoms with Gasteiger partial charge in [0, 0.05) is 30.4 Å². The van der Waals surface area contributed by atoms with Crippen LogP contribution in [0.5, 0.6) is 0 Å². The summed E-state index contributed by atoms with van der Waals surface area (Å²) in [7, 11) is 0. The molecule has 1 aliphatic heterocycles. The number of oxime groups is 1. The van der Waals surface area contributed by atoms with Gasteiger partial charge in [-0.1, -0.05) is 28.9 Å². The minimum Gasteiger partial charge on any atom is -0.386 e. The molecule has 0 saturated carbocycles. The molecule has 3 rings (SSSR count). The Hall–Kier alpha value is -3.46. The van der Waals surface area contributed by atoms with Gasteiger partial charge in [0.25, 0.3) is 11.6 Å². The van der Waals surface area contributed by atoms with E-state index in [0.29, 0.717) is 43.2 Å². The van der Waals surface area contributed by atoms with Crippen molar-refractivity contribution < 1.29 is 19.3 Å². The Morgan fingerprint density at radius 2 is 2.00 bits per heavy atom. The summed E-state index contributed by atoms with van der Waals surface area (Å²) in [6.45, 7) is 3.98. The second-order valence-electron chi connectivity index (χ2n) is 6.53. The molecule has 0 bridgehead atoms. The van der Waals surface area contributed by atoms with Crippen molar-refractivity contribution in [2.24, 2.45) is 5.16 Å². The van der Waals surface area contributed by atoms with Crippen molar-refractivity contribution in [3.05, 3.63) is 63.7 Å². The van der Waals surface area contributed by atoms with Gasteiger partial charge in [0.15, 0.2) is 6.61 Å². The Morgan fingerprint density at radius 1 is 1.28 bits per heavy atom. The molecule has 0 aliphatic carbocycles. The molecule has 1 saturated heterocycles. The standard InChI is InChI=1S/C20H22N4O5/c1-15-2-5-17(6-3-15)22-20(25)14-29-21-13-16-4-7-18(19(12-16)24(26)27)23-8-10-28-11-9-23/h2-7,12-13H,8-11,14H2,1H3,(H,22,25)/b21-13-. The van der Waals surface area contributed by atoms with Gasteiger partial charge in [-0.25, -0.2) is 0 Å². The fourth-order valence-electron chi connectivity index (χ4n) is 2.87. The van der Waals surface area contributed by atoms with E-state index in [2.05, 4.69) is 10.5 Å². The van der Waals surface area contributed by atoms with Crippen molar-refractivity contribution in [1.82, 2.24) is 0 Å². The van der Waals surface area contributed by atoms with Crippen LogP contribution in [-0.2, 0) is 14.4 Å². The Morgan fingerprint density at radius 3 is 2.69 bits per heavy atom. The molecule has 0 radical (unpaired) electrons. The van der Waals surface area contributed by atoms with Crippen LogP contribution in [0, 0.1) is 17.0 Å². The molecule has 9 nitrogen and oxygen atoms in total. The number of hydrogen-bond donors (Lipinski definition) is 1. The predicted molar refractivity (Wildman–Crippen MR) is 109 cm³/mol. The van der Waals surface area contributed by atoms with Crippen molar-refractivity contribution >= 4 is 29.2 Å². The quantitative estimate of drug-likeness (QED) is 0.437. The molecule has 0 unspecified atom stereocenters. The number of nitrogens with one attached hydrogen (secondary N) is 1. The van der Waals surface area contributed by atoms with Gasteiger partial charge in [0.05, 0.1) is 24.4 Å². The van der Waals surface area contributed by atoms with Gasteiger partial charge in [0.2, 0.25) is 0 Å². The van der Waals surface area contributed by atoms with Gasteiger partial charge < -0.3 is 19.8 Å². The highest BCUT2D eigenvalue weighted by Crippen LogP contribution is 2.29. The van der Waals surface area contributed by atoms with Gasteiger partial charge in [-0.05, 0) is 25.1 Å². The molecule has 2 aromatic carbocycles. The molecule has 0 spiro atoms. The first-order valence-electron chi connectivity index (χ1n) is 9.16. The van der Waals surface area contributed by atoms with Crippen LogP contribution in [0.1, 0.15) is 11.1 Å². The fourth-order valence-corrected chi connectivity index (χ4v) is 2.87. The summed E-state index contributed by atoms with van der Waals surface area (Å²) < 4.78 is 5.29. The third-order valence-electron chi connectivity index (χ3n) is 4.36. The van der Waals surface area contributed by atoms with Crippen molar-refractivity contribution in [3.8, 4) is 0 Å². The van der Waals surface area contributed by atoms with Crippen LogP contribution in [0.2, 0.25) is 0 Å². The highest BCUT2D eigenvalue weighted by Gasteiger charge is 2.21. The lowest BCUT2D eigenvalue weighted by atomic mass is 10.1. The average Bonchev–Trinajstić information content (AvgIpc) is 2.73. The van der Waals surface area contributed by atoms with E-state index in [9.17, 15) is 14.9 Å². The number of hydrogen-bond acceptors (Lipinski definition) is 7. The number of nitro benzene ring substituents is 1. The summed E-state index contributed by atoms with van der Waals surface area (Å²) in [4.78, 5) is 29.8. The zero-order valence-electron chi connectivity index (χ0n) is 16.0. The number of morpholine rings is 1. The number of rotatable bonds is 7. The summed E-state index contributed by atoms with van der Waals surface area (Å²) in [5.74, 6) is -0.348. The molecule has 0 aromatic heterocycles. The number of anilines is 2. The Kier molecular flexibility index (Phi) is 6.75. The first-order valence-corrected chi connectivity index (χ1v) is 9.16. The Balaban J connectivity index is 1.57. The number of carbonyl (C=O) groups is 1. The third kappa shape index (κ3) is 5.76. The lowest BCUT2D eigenvalue weighted by Gasteiger charge is -2.28. The molecular formula is C20H22N4O5. The van der Waals surface area contributed by atoms with E-state index >= 15 is 0 Å². The van der Waals surface area contributed by atoms with Crippen molar-refractivity contribution in [3.63, 3.8) is 0 Å². The van der Waals surface area contributed by atoms with Crippen LogP contribution in [0.4, 0.5) is 17.1 Å². The number of aryl methyl sites for hydroxylation is 1. The molecule has 9 heteroatoms. The minimum absolute atomic E-state index is 0.00651. The number of nitro groups is 1. The molecule has 1 aliphatic rings. The molecule has 1 heterocycles. The van der Waals surface area contributed by atoms with Gasteiger partial charge in [0.1, 0.15) is 5.69 Å². The first kappa shape index (κ1) is 20.3. The molecule has 1 N–H and O–H groups in total. The zero-order chi connectivity index (χ0) is 20.6. The molecule has 0 atom stereocenters. The van der Waals surface area contributed by atoms with Crippen LogP contribution in [-0.4, -0.2) is 50.0 Å². The summed E-state index contributed by atoms with van der Waals surface area (Å²) in [5, 5.41) is 17.9. The van der Waals surface area contributed by atoms with Crippen LogP contribution in [0.3, 0.4) is 0 Å². The van der Waals surface area contributed by atoms with Crippen LogP contribution in [0.15, 0.2) is 47.6 Å². The van der Waals surface area contributed by atoms with Crippen LogP contribution < -0.4 is 10.2 Å². The van der Waals surface area contributed by atoms with E-state index in [4.69, 9.17) is 9.57 Å². The van der Waals surface area contributed by atoms with Crippen molar-refractivity contribution in [2.75, 3.05) is 43.1 Å². The van der Waals surface area contributed by atoms with Crippen LogP contribution >= 0.6 is 0 Å². The summed E-state index contributed by atoms with van der Waals surface area (Å²) in [5.41, 5.74) is 2.81. The highest BCUT2D eigenvalue weighted by molar-refractivity contribution is 5.91. The smallest absolute Gasteiger partial charge is 0.293 e. The first-order chi connectivity index (χ1) is 14.0. The Bertz CT molecular complexity index is 892. The van der Waals surface area contributed by atoms with Gasteiger partial charge in [-0.3, -0.25) is 14.9 Å². The van der Waals surface area contributed by atoms with E-state index in [1.807, 2.05) is 24.0 Å². The molecule has 2 aromatic rings. The second kappa shape index (κ2) is 9.65. The van der Waals surface area contributed by atoms with Gasteiger partial charge >= 0.3 is 0 Å². The Labute approximate surface area is 168 Å². The molecular weight excluding hydrogens is 376 g/mol. The van der Waals surface area contributed by atoms with E-state index in [1.54, 1.807) is 24.3 Å². The summed E-state index contributed by atoms with van der Waals surface area (Å²) in [6.07, 6.45) is 1.34. The van der Waals surface area contributed by atoms with Crippen LogP contribution in [0.25, 0.3) is 0 Å². The number of amides is 1. The monoisotopic (exact) mass is 398 g/mol. The van der Waals surface area contributed by atoms with E-state index < -0.39 is 4.92 Å². The van der Waals surface area contributed by atoms with Gasteiger partial charge in [-0.15, -0.1) is 0 Å². The second-order valence-corrected chi connectivity index (χ2v) is 6.53. The maximum absolute atomic E-state index is 11.9. The number of carbonyl (C=O) groups excluding carboxylic acids is 1.